The second kappa shape index (κ2) is 6.90. The van der Waals surface area contributed by atoms with E-state index in [9.17, 15) is 33.7 Å². The average Bonchev–Trinajstić information content (AvgIpc) is 2.88. The number of halogens is 2. The van der Waals surface area contributed by atoms with Gasteiger partial charge in [0.2, 0.25) is 17.7 Å². The number of hydrogen-bond donors (Lipinski definition) is 3. The Hall–Kier alpha value is -2.52. The van der Waals surface area contributed by atoms with Gasteiger partial charge in [0.15, 0.2) is 5.78 Å². The molecule has 0 aromatic heterocycles. The van der Waals surface area contributed by atoms with Gasteiger partial charge in [-0.1, -0.05) is 60.7 Å². The molecule has 0 saturated carbocycles. The lowest BCUT2D eigenvalue weighted by Gasteiger charge is -2.32. The third kappa shape index (κ3) is 2.96. The minimum absolute atomic E-state index is 0.0344. The number of alkyl halides is 2. The summed E-state index contributed by atoms with van der Waals surface area (Å²) in [6, 6.07) is 13.9. The molecule has 2 aromatic carbocycles. The first kappa shape index (κ1) is 19.2. The van der Waals surface area contributed by atoms with E-state index in [0.717, 1.165) is 0 Å². The molecule has 0 bridgehead atoms. The van der Waals surface area contributed by atoms with Crippen molar-refractivity contribution in [2.24, 2.45) is 0 Å². The van der Waals surface area contributed by atoms with E-state index in [4.69, 9.17) is 0 Å². The van der Waals surface area contributed by atoms with Gasteiger partial charge in [0.25, 0.3) is 0 Å². The number of aliphatic hydroxyl groups excluding tert-OH is 2. The fraction of sp³-hybridized carbons (Fsp3) is 0.263. The maximum atomic E-state index is 14.5. The van der Waals surface area contributed by atoms with Gasteiger partial charge in [0, 0.05) is 11.1 Å². The van der Waals surface area contributed by atoms with Crippen LogP contribution in [0.5, 0.6) is 0 Å². The number of ether oxygens (including phenoxy) is 1. The molecule has 3 rings (SSSR count). The number of hydrogen-bond acceptors (Lipinski definition) is 6. The zero-order valence-electron chi connectivity index (χ0n) is 13.8. The van der Waals surface area contributed by atoms with Crippen molar-refractivity contribution in [3.63, 3.8) is 0 Å². The smallest absolute Gasteiger partial charge is 0.335 e. The van der Waals surface area contributed by atoms with E-state index in [0.29, 0.717) is 0 Å². The van der Waals surface area contributed by atoms with Gasteiger partial charge in [-0.15, -0.1) is 0 Å². The van der Waals surface area contributed by atoms with Crippen molar-refractivity contribution in [3.05, 3.63) is 71.8 Å². The summed E-state index contributed by atoms with van der Waals surface area (Å²) < 4.78 is 33.7. The number of carbonyl (C=O) groups is 2. The van der Waals surface area contributed by atoms with Crippen LogP contribution in [0.4, 0.5) is 8.78 Å². The highest BCUT2D eigenvalue weighted by Gasteiger charge is 2.74. The maximum absolute atomic E-state index is 14.5. The Morgan fingerprint density at radius 2 is 1.44 bits per heavy atom. The minimum atomic E-state index is -4.46. The lowest BCUT2D eigenvalue weighted by molar-refractivity contribution is -0.209. The van der Waals surface area contributed by atoms with Crippen LogP contribution in [-0.2, 0) is 4.74 Å². The Bertz CT molecular complexity index is 842. The highest BCUT2D eigenvalue weighted by molar-refractivity contribution is 6.06. The van der Waals surface area contributed by atoms with Crippen LogP contribution in [0.15, 0.2) is 60.7 Å². The molecule has 6 nitrogen and oxygen atoms in total. The molecular weight excluding hydrogens is 362 g/mol. The van der Waals surface area contributed by atoms with Gasteiger partial charge in [-0.25, -0.2) is 0 Å². The number of benzene rings is 2. The van der Waals surface area contributed by atoms with Crippen LogP contribution in [0.1, 0.15) is 20.7 Å². The second-order valence-corrected chi connectivity index (χ2v) is 6.17. The Labute approximate surface area is 152 Å². The molecule has 1 aliphatic heterocycles. The first-order chi connectivity index (χ1) is 12.7. The van der Waals surface area contributed by atoms with Crippen LogP contribution in [0.25, 0.3) is 0 Å². The van der Waals surface area contributed by atoms with E-state index in [-0.39, 0.29) is 11.1 Å². The lowest BCUT2D eigenvalue weighted by Crippen LogP contribution is -2.62. The topological polar surface area (TPSA) is 104 Å². The lowest BCUT2D eigenvalue weighted by atomic mass is 9.80. The molecule has 0 amide bonds. The molecule has 2 aromatic rings. The summed E-state index contributed by atoms with van der Waals surface area (Å²) in [6.07, 6.45) is -7.56. The second-order valence-electron chi connectivity index (χ2n) is 6.17. The largest absolute Gasteiger partial charge is 0.382 e. The molecule has 1 saturated heterocycles. The zero-order valence-corrected chi connectivity index (χ0v) is 13.8. The van der Waals surface area contributed by atoms with E-state index in [2.05, 4.69) is 4.74 Å². The van der Waals surface area contributed by atoms with Crippen molar-refractivity contribution in [2.45, 2.75) is 30.0 Å². The molecule has 0 radical (unpaired) electrons. The summed E-state index contributed by atoms with van der Waals surface area (Å²) in [5.41, 5.74) is -3.97. The number of carbonyl (C=O) groups excluding carboxylic acids is 2. The average molecular weight is 378 g/mol. The molecule has 2 unspecified atom stereocenters. The molecular formula is C19H16F2O6. The maximum Gasteiger partial charge on any atom is 0.335 e. The van der Waals surface area contributed by atoms with Gasteiger partial charge >= 0.3 is 5.92 Å². The monoisotopic (exact) mass is 378 g/mol. The summed E-state index contributed by atoms with van der Waals surface area (Å²) in [5, 5.41) is 30.5. The first-order valence-corrected chi connectivity index (χ1v) is 8.02. The van der Waals surface area contributed by atoms with E-state index in [1.807, 2.05) is 0 Å². The molecule has 0 spiro atoms. The van der Waals surface area contributed by atoms with Gasteiger partial charge in [-0.2, -0.15) is 8.78 Å². The molecule has 3 N–H and O–H groups in total. The predicted molar refractivity (Wildman–Crippen MR) is 88.3 cm³/mol. The molecule has 1 fully saturated rings. The molecule has 8 heteroatoms. The molecule has 27 heavy (non-hydrogen) atoms. The summed E-state index contributed by atoms with van der Waals surface area (Å²) in [5.74, 6) is -6.97. The summed E-state index contributed by atoms with van der Waals surface area (Å²) in [7, 11) is 0. The van der Waals surface area contributed by atoms with Crippen molar-refractivity contribution in [2.75, 3.05) is 0 Å². The molecule has 0 aliphatic carbocycles. The highest BCUT2D eigenvalue weighted by atomic mass is 19.3. The van der Waals surface area contributed by atoms with Crippen LogP contribution >= 0.6 is 0 Å². The number of aliphatic hydroxyl groups is 3. The summed E-state index contributed by atoms with van der Waals surface area (Å²) in [6.45, 7) is 0. The van der Waals surface area contributed by atoms with Crippen molar-refractivity contribution in [3.8, 4) is 0 Å². The van der Waals surface area contributed by atoms with Gasteiger partial charge in [-0.05, 0) is 0 Å². The van der Waals surface area contributed by atoms with Gasteiger partial charge in [0.05, 0.1) is 0 Å². The normalized spacial score (nSPS) is 27.9. The first-order valence-electron chi connectivity index (χ1n) is 8.02. The van der Waals surface area contributed by atoms with Crippen LogP contribution in [0.2, 0.25) is 0 Å². The minimum Gasteiger partial charge on any atom is -0.382 e. The SMILES string of the molecule is O=C(c1ccccc1)C(O)[C@@H]1OC(O)C(F)(F)[C@]1(O)C(=O)c1ccccc1. The van der Waals surface area contributed by atoms with Crippen molar-refractivity contribution in [1.29, 1.82) is 0 Å². The van der Waals surface area contributed by atoms with Crippen LogP contribution in [0, 0.1) is 0 Å². The molecule has 1 aliphatic rings. The summed E-state index contributed by atoms with van der Waals surface area (Å²) >= 11 is 0. The fourth-order valence-corrected chi connectivity index (χ4v) is 3.00. The quantitative estimate of drug-likeness (QED) is 0.676. The van der Waals surface area contributed by atoms with Crippen LogP contribution in [0.3, 0.4) is 0 Å². The predicted octanol–water partition coefficient (Wildman–Crippen LogP) is 1.20. The Kier molecular flexibility index (Phi) is 4.92. The molecule has 1 heterocycles. The standard InChI is InChI=1S/C19H16F2O6/c20-19(21)17(25)27-16(14(23)13(22)11-7-3-1-4-8-11)18(19,26)15(24)12-9-5-2-6-10-12/h1-10,14,16-17,23,25-26H/t14?,16-,17?,18-/m0/s1. The summed E-state index contributed by atoms with van der Waals surface area (Å²) in [4.78, 5) is 25.1. The van der Waals surface area contributed by atoms with Crippen molar-refractivity contribution in [1.82, 2.24) is 0 Å². The van der Waals surface area contributed by atoms with E-state index >= 15 is 0 Å². The Morgan fingerprint density at radius 1 is 0.963 bits per heavy atom. The van der Waals surface area contributed by atoms with Gasteiger partial charge in [-0.3, -0.25) is 9.59 Å². The Balaban J connectivity index is 2.03. The third-order valence-electron chi connectivity index (χ3n) is 4.50. The third-order valence-corrected chi connectivity index (χ3v) is 4.50. The van der Waals surface area contributed by atoms with Crippen LogP contribution in [-0.4, -0.2) is 56.9 Å². The Morgan fingerprint density at radius 3 is 1.96 bits per heavy atom. The number of rotatable bonds is 5. The molecule has 4 atom stereocenters. The molecule has 142 valence electrons. The number of ketones is 2. The van der Waals surface area contributed by atoms with Gasteiger partial charge in [0.1, 0.15) is 12.2 Å². The van der Waals surface area contributed by atoms with E-state index < -0.39 is 41.6 Å². The van der Waals surface area contributed by atoms with Gasteiger partial charge < -0.3 is 20.1 Å². The zero-order chi connectivity index (χ0) is 19.8. The number of Topliss-reactive ketones (excluding diaryl/α,β-unsaturated/α-hetero) is 2. The highest BCUT2D eigenvalue weighted by Crippen LogP contribution is 2.46. The van der Waals surface area contributed by atoms with Crippen LogP contribution < -0.4 is 0 Å². The van der Waals surface area contributed by atoms with E-state index in [1.54, 1.807) is 6.07 Å². The van der Waals surface area contributed by atoms with Crippen molar-refractivity contribution < 1.29 is 38.4 Å². The fourth-order valence-electron chi connectivity index (χ4n) is 3.00. The van der Waals surface area contributed by atoms with Crippen molar-refractivity contribution >= 4 is 11.6 Å². The van der Waals surface area contributed by atoms with E-state index in [1.165, 1.54) is 54.6 Å².